The van der Waals surface area contributed by atoms with Crippen LogP contribution < -0.4 is 5.32 Å². The van der Waals surface area contributed by atoms with Crippen molar-refractivity contribution < 1.29 is 9.21 Å². The number of anilines is 1. The third-order valence-corrected chi connectivity index (χ3v) is 3.93. The summed E-state index contributed by atoms with van der Waals surface area (Å²) >= 11 is 0. The molecule has 0 saturated heterocycles. The monoisotopic (exact) mass is 312 g/mol. The van der Waals surface area contributed by atoms with Crippen molar-refractivity contribution in [3.05, 3.63) is 59.6 Å². The van der Waals surface area contributed by atoms with E-state index < -0.39 is 0 Å². The summed E-state index contributed by atoms with van der Waals surface area (Å²) in [5, 5.41) is 7.05. The van der Waals surface area contributed by atoms with E-state index in [4.69, 9.17) is 4.42 Å². The molecule has 3 heterocycles. The van der Waals surface area contributed by atoms with Crippen LogP contribution in [-0.4, -0.2) is 20.3 Å². The van der Waals surface area contributed by atoms with Crippen LogP contribution in [0.2, 0.25) is 0 Å². The normalized spacial score (nSPS) is 10.9. The van der Waals surface area contributed by atoms with Gasteiger partial charge in [-0.05, 0) is 39.0 Å². The molecule has 3 rings (SSSR count). The zero-order valence-corrected chi connectivity index (χ0v) is 13.5. The van der Waals surface area contributed by atoms with Gasteiger partial charge >= 0.3 is 0 Å². The van der Waals surface area contributed by atoms with Crippen molar-refractivity contribution in [3.8, 4) is 0 Å². The number of carbonyl (C=O) groups excluding carboxylic acids is 1. The van der Waals surface area contributed by atoms with Gasteiger partial charge in [0, 0.05) is 24.1 Å². The zero-order valence-electron chi connectivity index (χ0n) is 13.5. The van der Waals surface area contributed by atoms with Gasteiger partial charge in [-0.2, -0.15) is 5.10 Å². The second-order valence-corrected chi connectivity index (χ2v) is 5.49. The molecule has 1 amide bonds. The van der Waals surface area contributed by atoms with Gasteiger partial charge in [0.1, 0.15) is 5.76 Å². The summed E-state index contributed by atoms with van der Waals surface area (Å²) in [4.78, 5) is 12.5. The number of furan rings is 1. The summed E-state index contributed by atoms with van der Waals surface area (Å²) in [5.74, 6) is 0.738. The molecule has 3 aromatic rings. The van der Waals surface area contributed by atoms with Gasteiger partial charge < -0.3 is 14.3 Å². The number of aromatic nitrogens is 3. The van der Waals surface area contributed by atoms with Gasteiger partial charge in [0.15, 0.2) is 0 Å². The molecule has 0 radical (unpaired) electrons. The van der Waals surface area contributed by atoms with Gasteiger partial charge in [0.25, 0.3) is 5.91 Å². The van der Waals surface area contributed by atoms with Crippen molar-refractivity contribution in [1.29, 1.82) is 0 Å². The molecule has 23 heavy (non-hydrogen) atoms. The molecule has 0 unspecified atom stereocenters. The highest BCUT2D eigenvalue weighted by molar-refractivity contribution is 6.05. The first-order chi connectivity index (χ1) is 11.1. The van der Waals surface area contributed by atoms with E-state index >= 15 is 0 Å². The maximum absolute atomic E-state index is 12.5. The predicted molar refractivity (Wildman–Crippen MR) is 87.6 cm³/mol. The largest absolute Gasteiger partial charge is 0.467 e. The molecule has 0 aromatic carbocycles. The molecule has 1 N–H and O–H groups in total. The lowest BCUT2D eigenvalue weighted by Gasteiger charge is -2.08. The highest BCUT2D eigenvalue weighted by Gasteiger charge is 2.17. The molecule has 0 atom stereocenters. The van der Waals surface area contributed by atoms with E-state index in [9.17, 15) is 4.79 Å². The van der Waals surface area contributed by atoms with Crippen molar-refractivity contribution >= 4 is 11.6 Å². The number of amides is 1. The number of rotatable bonds is 5. The van der Waals surface area contributed by atoms with E-state index in [2.05, 4.69) is 15.0 Å². The summed E-state index contributed by atoms with van der Waals surface area (Å²) < 4.78 is 9.24. The summed E-state index contributed by atoms with van der Waals surface area (Å²) in [6.45, 7) is 7.32. The van der Waals surface area contributed by atoms with E-state index in [1.807, 2.05) is 45.2 Å². The third kappa shape index (κ3) is 3.06. The van der Waals surface area contributed by atoms with Crippen LogP contribution in [0, 0.1) is 13.8 Å². The van der Waals surface area contributed by atoms with Crippen LogP contribution in [0.4, 0.5) is 5.69 Å². The van der Waals surface area contributed by atoms with Crippen molar-refractivity contribution in [2.45, 2.75) is 33.9 Å². The minimum Gasteiger partial charge on any atom is -0.467 e. The number of aryl methyl sites for hydroxylation is 2. The maximum Gasteiger partial charge on any atom is 0.257 e. The summed E-state index contributed by atoms with van der Waals surface area (Å²) in [6, 6.07) is 5.69. The SMILES string of the molecule is CCn1cc(NC(=O)c2cc(C)n(Cc3ccco3)c2C)cn1. The topological polar surface area (TPSA) is 65.0 Å². The van der Waals surface area contributed by atoms with Gasteiger partial charge in [-0.25, -0.2) is 0 Å². The standard InChI is InChI=1S/C17H20N4O2/c1-4-20-10-14(9-18-20)19-17(22)16-8-12(2)21(13(16)3)11-15-6-5-7-23-15/h5-10H,4,11H2,1-3H3,(H,19,22). The van der Waals surface area contributed by atoms with E-state index in [0.717, 1.165) is 23.7 Å². The molecule has 6 heteroatoms. The smallest absolute Gasteiger partial charge is 0.257 e. The molecule has 3 aromatic heterocycles. The Balaban J connectivity index is 1.80. The molecule has 0 saturated carbocycles. The number of nitrogens with one attached hydrogen (secondary N) is 1. The van der Waals surface area contributed by atoms with Gasteiger partial charge in [-0.3, -0.25) is 9.48 Å². The molecule has 0 aliphatic heterocycles. The van der Waals surface area contributed by atoms with Crippen molar-refractivity contribution in [1.82, 2.24) is 14.3 Å². The Kier molecular flexibility index (Phi) is 4.06. The van der Waals surface area contributed by atoms with E-state index in [0.29, 0.717) is 17.8 Å². The molecule has 0 aliphatic rings. The first-order valence-corrected chi connectivity index (χ1v) is 7.61. The Morgan fingerprint density at radius 3 is 2.87 bits per heavy atom. The molecule has 120 valence electrons. The van der Waals surface area contributed by atoms with E-state index in [1.165, 1.54) is 0 Å². The quantitative estimate of drug-likeness (QED) is 0.786. The fourth-order valence-electron chi connectivity index (χ4n) is 2.63. The zero-order chi connectivity index (χ0) is 16.4. The molecular formula is C17H20N4O2. The van der Waals surface area contributed by atoms with Crippen LogP contribution >= 0.6 is 0 Å². The average molecular weight is 312 g/mol. The lowest BCUT2D eigenvalue weighted by atomic mass is 10.2. The molecular weight excluding hydrogens is 292 g/mol. The van der Waals surface area contributed by atoms with Crippen molar-refractivity contribution in [3.63, 3.8) is 0 Å². The van der Waals surface area contributed by atoms with E-state index in [1.54, 1.807) is 17.1 Å². The molecule has 6 nitrogen and oxygen atoms in total. The van der Waals surface area contributed by atoms with Gasteiger partial charge in [-0.15, -0.1) is 0 Å². The molecule has 0 aliphatic carbocycles. The van der Waals surface area contributed by atoms with Crippen LogP contribution in [0.3, 0.4) is 0 Å². The molecule has 0 bridgehead atoms. The van der Waals surface area contributed by atoms with Crippen molar-refractivity contribution in [2.24, 2.45) is 0 Å². The number of hydrogen-bond acceptors (Lipinski definition) is 3. The summed E-state index contributed by atoms with van der Waals surface area (Å²) in [7, 11) is 0. The highest BCUT2D eigenvalue weighted by Crippen LogP contribution is 2.19. The van der Waals surface area contributed by atoms with Crippen LogP contribution in [-0.2, 0) is 13.1 Å². The number of carbonyl (C=O) groups is 1. The minimum absolute atomic E-state index is 0.126. The van der Waals surface area contributed by atoms with Crippen LogP contribution in [0.15, 0.2) is 41.3 Å². The Hall–Kier alpha value is -2.76. The lowest BCUT2D eigenvalue weighted by Crippen LogP contribution is -2.13. The summed E-state index contributed by atoms with van der Waals surface area (Å²) in [6.07, 6.45) is 5.13. The van der Waals surface area contributed by atoms with Gasteiger partial charge in [0.05, 0.1) is 30.3 Å². The third-order valence-electron chi connectivity index (χ3n) is 3.93. The molecule has 0 spiro atoms. The highest BCUT2D eigenvalue weighted by atomic mass is 16.3. The Morgan fingerprint density at radius 2 is 2.22 bits per heavy atom. The van der Waals surface area contributed by atoms with Crippen LogP contribution in [0.1, 0.15) is 34.4 Å². The second kappa shape index (κ2) is 6.16. The lowest BCUT2D eigenvalue weighted by molar-refractivity contribution is 0.102. The Morgan fingerprint density at radius 1 is 1.39 bits per heavy atom. The number of hydrogen-bond donors (Lipinski definition) is 1. The Labute approximate surface area is 134 Å². The van der Waals surface area contributed by atoms with Crippen LogP contribution in [0.5, 0.6) is 0 Å². The van der Waals surface area contributed by atoms with Gasteiger partial charge in [-0.1, -0.05) is 0 Å². The maximum atomic E-state index is 12.5. The van der Waals surface area contributed by atoms with Gasteiger partial charge in [0.2, 0.25) is 0 Å². The van der Waals surface area contributed by atoms with Crippen molar-refractivity contribution in [2.75, 3.05) is 5.32 Å². The first kappa shape index (κ1) is 15.1. The summed E-state index contributed by atoms with van der Waals surface area (Å²) in [5.41, 5.74) is 3.30. The fraction of sp³-hybridized carbons (Fsp3) is 0.294. The van der Waals surface area contributed by atoms with Crippen LogP contribution in [0.25, 0.3) is 0 Å². The number of nitrogens with zero attached hydrogens (tertiary/aromatic N) is 3. The predicted octanol–water partition coefficient (Wildman–Crippen LogP) is 3.21. The second-order valence-electron chi connectivity index (χ2n) is 5.49. The fourth-order valence-corrected chi connectivity index (χ4v) is 2.63. The van der Waals surface area contributed by atoms with E-state index in [-0.39, 0.29) is 5.91 Å². The first-order valence-electron chi connectivity index (χ1n) is 7.61. The Bertz CT molecular complexity index is 812. The minimum atomic E-state index is -0.126. The molecule has 0 fully saturated rings. The average Bonchev–Trinajstić information content (AvgIpc) is 3.25.